The topological polar surface area (TPSA) is 38.3 Å². The third-order valence-electron chi connectivity index (χ3n) is 2.58. The largest absolute Gasteiger partial charge is 0.379 e. The first kappa shape index (κ1) is 11.8. The van der Waals surface area contributed by atoms with E-state index >= 15 is 0 Å². The predicted molar refractivity (Wildman–Crippen MR) is 56.5 cm³/mol. The van der Waals surface area contributed by atoms with Crippen LogP contribution in [-0.2, 0) is 9.53 Å². The van der Waals surface area contributed by atoms with Gasteiger partial charge in [0.1, 0.15) is 0 Å². The molecular formula is C10H18ClNO2. The van der Waals surface area contributed by atoms with Crippen molar-refractivity contribution in [3.05, 3.63) is 0 Å². The lowest BCUT2D eigenvalue weighted by Crippen LogP contribution is -2.51. The molecule has 0 aromatic heterocycles. The molecule has 0 aromatic rings. The quantitative estimate of drug-likeness (QED) is 0.732. The van der Waals surface area contributed by atoms with Crippen LogP contribution in [0.2, 0.25) is 0 Å². The van der Waals surface area contributed by atoms with Gasteiger partial charge in [-0.1, -0.05) is 0 Å². The molecule has 1 rings (SSSR count). The highest BCUT2D eigenvalue weighted by Crippen LogP contribution is 2.22. The van der Waals surface area contributed by atoms with Gasteiger partial charge in [-0.2, -0.15) is 0 Å². The van der Waals surface area contributed by atoms with E-state index in [0.29, 0.717) is 12.5 Å². The van der Waals surface area contributed by atoms with E-state index in [2.05, 4.69) is 5.32 Å². The summed E-state index contributed by atoms with van der Waals surface area (Å²) in [6, 6.07) is 0. The number of carbonyl (C=O) groups is 1. The summed E-state index contributed by atoms with van der Waals surface area (Å²) in [6.45, 7) is 7.00. The maximum atomic E-state index is 11.8. The monoisotopic (exact) mass is 219 g/mol. The van der Waals surface area contributed by atoms with E-state index in [0.717, 1.165) is 13.0 Å². The van der Waals surface area contributed by atoms with Crippen molar-refractivity contribution < 1.29 is 9.53 Å². The number of amides is 1. The second kappa shape index (κ2) is 4.07. The van der Waals surface area contributed by atoms with Gasteiger partial charge in [-0.3, -0.25) is 4.79 Å². The fraction of sp³-hybridized carbons (Fsp3) is 0.900. The number of rotatable bonds is 3. The summed E-state index contributed by atoms with van der Waals surface area (Å²) in [5, 5.41) is 3.00. The van der Waals surface area contributed by atoms with Crippen LogP contribution in [0.5, 0.6) is 0 Å². The Labute approximate surface area is 90.1 Å². The molecule has 4 heteroatoms. The Morgan fingerprint density at radius 1 is 1.64 bits per heavy atom. The summed E-state index contributed by atoms with van der Waals surface area (Å²) in [5.41, 5.74) is -0.715. The van der Waals surface area contributed by atoms with Crippen LogP contribution < -0.4 is 5.32 Å². The highest BCUT2D eigenvalue weighted by Gasteiger charge is 2.36. The molecule has 0 radical (unpaired) electrons. The zero-order valence-electron chi connectivity index (χ0n) is 9.02. The average Bonchev–Trinajstić information content (AvgIpc) is 2.52. The number of nitrogens with one attached hydrogen (secondary N) is 1. The van der Waals surface area contributed by atoms with Crippen molar-refractivity contribution in [3.8, 4) is 0 Å². The first-order valence-electron chi connectivity index (χ1n) is 4.86. The number of ether oxygens (including phenoxy) is 1. The summed E-state index contributed by atoms with van der Waals surface area (Å²) in [5.74, 6) is 0.330. The molecule has 0 spiro atoms. The first-order valence-corrected chi connectivity index (χ1v) is 5.39. The Morgan fingerprint density at radius 3 is 2.71 bits per heavy atom. The molecule has 3 nitrogen and oxygen atoms in total. The van der Waals surface area contributed by atoms with Gasteiger partial charge < -0.3 is 10.1 Å². The summed E-state index contributed by atoms with van der Waals surface area (Å²) >= 11 is 5.73. The van der Waals surface area contributed by atoms with E-state index in [9.17, 15) is 4.79 Å². The molecule has 1 unspecified atom stereocenters. The molecule has 1 heterocycles. The van der Waals surface area contributed by atoms with Crippen LogP contribution in [-0.4, -0.2) is 30.5 Å². The van der Waals surface area contributed by atoms with Crippen molar-refractivity contribution >= 4 is 17.5 Å². The van der Waals surface area contributed by atoms with Crippen LogP contribution in [0, 0.1) is 5.41 Å². The van der Waals surface area contributed by atoms with E-state index < -0.39 is 5.41 Å². The normalized spacial score (nSPS) is 27.7. The number of alkyl halides is 1. The summed E-state index contributed by atoms with van der Waals surface area (Å²) in [7, 11) is 0. The van der Waals surface area contributed by atoms with E-state index in [1.165, 1.54) is 0 Å². The van der Waals surface area contributed by atoms with E-state index in [-0.39, 0.29) is 11.4 Å². The molecule has 0 saturated carbocycles. The molecule has 0 aliphatic carbocycles. The molecular weight excluding hydrogens is 202 g/mol. The predicted octanol–water partition coefficient (Wildman–Crippen LogP) is 1.55. The highest BCUT2D eigenvalue weighted by molar-refractivity contribution is 6.19. The minimum Gasteiger partial charge on any atom is -0.379 e. The Hall–Kier alpha value is -0.280. The van der Waals surface area contributed by atoms with Crippen molar-refractivity contribution in [2.75, 3.05) is 19.1 Å². The Bertz CT molecular complexity index is 222. The number of halogens is 1. The Balaban J connectivity index is 2.55. The maximum Gasteiger partial charge on any atom is 0.227 e. The molecule has 0 bridgehead atoms. The van der Waals surface area contributed by atoms with E-state index in [1.54, 1.807) is 0 Å². The van der Waals surface area contributed by atoms with Crippen LogP contribution in [0.1, 0.15) is 27.2 Å². The molecule has 1 atom stereocenters. The third kappa shape index (κ3) is 2.61. The lowest BCUT2D eigenvalue weighted by Gasteiger charge is -2.29. The van der Waals surface area contributed by atoms with Gasteiger partial charge in [-0.05, 0) is 27.2 Å². The van der Waals surface area contributed by atoms with E-state index in [1.807, 2.05) is 20.8 Å². The standard InChI is InChI=1S/C10H18ClNO2/c1-9(2,6-11)8(13)12-10(3)4-5-14-7-10/h4-7H2,1-3H3,(H,12,13). The Kier molecular flexibility index (Phi) is 3.43. The number of hydrogen-bond donors (Lipinski definition) is 1. The first-order chi connectivity index (χ1) is 6.40. The van der Waals surface area contributed by atoms with Crippen LogP contribution in [0.4, 0.5) is 0 Å². The smallest absolute Gasteiger partial charge is 0.227 e. The molecule has 1 fully saturated rings. The molecule has 82 valence electrons. The van der Waals surface area contributed by atoms with Gasteiger partial charge in [0, 0.05) is 12.5 Å². The van der Waals surface area contributed by atoms with Gasteiger partial charge in [-0.25, -0.2) is 0 Å². The molecule has 14 heavy (non-hydrogen) atoms. The molecule has 0 aromatic carbocycles. The van der Waals surface area contributed by atoms with Crippen molar-refractivity contribution in [1.29, 1.82) is 0 Å². The van der Waals surface area contributed by atoms with Crippen molar-refractivity contribution in [2.24, 2.45) is 5.41 Å². The van der Waals surface area contributed by atoms with Crippen LogP contribution in [0.3, 0.4) is 0 Å². The van der Waals surface area contributed by atoms with Gasteiger partial charge in [-0.15, -0.1) is 11.6 Å². The minimum atomic E-state index is -0.507. The lowest BCUT2D eigenvalue weighted by molar-refractivity contribution is -0.130. The maximum absolute atomic E-state index is 11.8. The molecule has 1 saturated heterocycles. The van der Waals surface area contributed by atoms with Gasteiger partial charge in [0.25, 0.3) is 0 Å². The van der Waals surface area contributed by atoms with Gasteiger partial charge in [0.15, 0.2) is 0 Å². The Morgan fingerprint density at radius 2 is 2.29 bits per heavy atom. The van der Waals surface area contributed by atoms with Gasteiger partial charge >= 0.3 is 0 Å². The van der Waals surface area contributed by atoms with E-state index in [4.69, 9.17) is 16.3 Å². The minimum absolute atomic E-state index is 0.000463. The van der Waals surface area contributed by atoms with Crippen LogP contribution in [0.15, 0.2) is 0 Å². The molecule has 1 aliphatic rings. The molecule has 1 aliphatic heterocycles. The zero-order valence-corrected chi connectivity index (χ0v) is 9.78. The van der Waals surface area contributed by atoms with Crippen molar-refractivity contribution in [3.63, 3.8) is 0 Å². The summed E-state index contributed by atoms with van der Waals surface area (Å²) in [6.07, 6.45) is 0.872. The number of hydrogen-bond acceptors (Lipinski definition) is 2. The lowest BCUT2D eigenvalue weighted by atomic mass is 9.92. The van der Waals surface area contributed by atoms with Gasteiger partial charge in [0.2, 0.25) is 5.91 Å². The SMILES string of the molecule is CC1(NC(=O)C(C)(C)CCl)CCOC1. The fourth-order valence-electron chi connectivity index (χ4n) is 1.27. The van der Waals surface area contributed by atoms with Crippen LogP contribution in [0.25, 0.3) is 0 Å². The fourth-order valence-corrected chi connectivity index (χ4v) is 1.39. The third-order valence-corrected chi connectivity index (χ3v) is 3.25. The second-order valence-electron chi connectivity index (χ2n) is 4.83. The average molecular weight is 220 g/mol. The summed E-state index contributed by atoms with van der Waals surface area (Å²) in [4.78, 5) is 11.8. The number of carbonyl (C=O) groups excluding carboxylic acids is 1. The zero-order chi connectivity index (χ0) is 10.8. The van der Waals surface area contributed by atoms with Gasteiger partial charge in [0.05, 0.1) is 17.6 Å². The van der Waals surface area contributed by atoms with Crippen LogP contribution >= 0.6 is 11.6 Å². The molecule has 1 N–H and O–H groups in total. The molecule has 1 amide bonds. The highest BCUT2D eigenvalue weighted by atomic mass is 35.5. The van der Waals surface area contributed by atoms with Crippen molar-refractivity contribution in [2.45, 2.75) is 32.7 Å². The van der Waals surface area contributed by atoms with Crippen molar-refractivity contribution in [1.82, 2.24) is 5.32 Å². The summed E-state index contributed by atoms with van der Waals surface area (Å²) < 4.78 is 5.26. The second-order valence-corrected chi connectivity index (χ2v) is 5.10.